The molecule has 1 aromatic carbocycles. The Hall–Kier alpha value is -1.81. The van der Waals surface area contributed by atoms with Crippen molar-refractivity contribution in [2.24, 2.45) is 0 Å². The molecule has 3 nitrogen and oxygen atoms in total. The largest absolute Gasteiger partial charge is 0.310 e. The van der Waals surface area contributed by atoms with E-state index in [4.69, 9.17) is 0 Å². The van der Waals surface area contributed by atoms with Crippen LogP contribution in [0.25, 0.3) is 11.4 Å². The summed E-state index contributed by atoms with van der Waals surface area (Å²) < 4.78 is 13.1. The molecule has 1 aliphatic rings. The molecule has 0 aliphatic heterocycles. The molecule has 0 spiro atoms. The number of hydrogen-bond acceptors (Lipinski definition) is 3. The van der Waals surface area contributed by atoms with Crippen molar-refractivity contribution in [2.45, 2.75) is 25.4 Å². The van der Waals surface area contributed by atoms with Crippen LogP contribution in [0.4, 0.5) is 4.39 Å². The van der Waals surface area contributed by atoms with Gasteiger partial charge in [-0.1, -0.05) is 12.1 Å². The van der Waals surface area contributed by atoms with Crippen molar-refractivity contribution in [3.63, 3.8) is 0 Å². The fourth-order valence-corrected chi connectivity index (χ4v) is 1.77. The third kappa shape index (κ3) is 2.71. The number of rotatable bonds is 4. The first kappa shape index (κ1) is 11.3. The Kier molecular flexibility index (Phi) is 3.02. The van der Waals surface area contributed by atoms with Gasteiger partial charge < -0.3 is 5.32 Å². The second-order valence-corrected chi connectivity index (χ2v) is 4.58. The molecule has 92 valence electrons. The molecule has 3 rings (SSSR count). The molecule has 1 N–H and O–H groups in total. The van der Waals surface area contributed by atoms with Crippen LogP contribution in [-0.2, 0) is 6.54 Å². The predicted octanol–water partition coefficient (Wildman–Crippen LogP) is 2.53. The third-order valence-corrected chi connectivity index (χ3v) is 2.96. The Labute approximate surface area is 105 Å². The van der Waals surface area contributed by atoms with Gasteiger partial charge in [0.05, 0.1) is 0 Å². The minimum Gasteiger partial charge on any atom is -0.310 e. The van der Waals surface area contributed by atoms with Crippen molar-refractivity contribution < 1.29 is 4.39 Å². The van der Waals surface area contributed by atoms with E-state index in [2.05, 4.69) is 15.3 Å². The van der Waals surface area contributed by atoms with Crippen molar-refractivity contribution in [1.29, 1.82) is 0 Å². The van der Waals surface area contributed by atoms with E-state index < -0.39 is 0 Å². The molecule has 0 atom stereocenters. The van der Waals surface area contributed by atoms with E-state index in [1.54, 1.807) is 24.5 Å². The molecule has 0 radical (unpaired) electrons. The first-order valence-electron chi connectivity index (χ1n) is 6.11. The number of nitrogens with one attached hydrogen (secondary N) is 1. The molecule has 0 bridgehead atoms. The van der Waals surface area contributed by atoms with Crippen molar-refractivity contribution in [2.75, 3.05) is 0 Å². The van der Waals surface area contributed by atoms with Crippen LogP contribution in [0.1, 0.15) is 18.4 Å². The fraction of sp³-hybridized carbons (Fsp3) is 0.286. The SMILES string of the molecule is Fc1cccc(-c2ncc(CNC3CC3)cn2)c1. The Morgan fingerprint density at radius 2 is 2.00 bits per heavy atom. The number of halogens is 1. The zero-order valence-corrected chi connectivity index (χ0v) is 9.94. The molecule has 1 fully saturated rings. The average Bonchev–Trinajstić information content (AvgIpc) is 3.21. The number of benzene rings is 1. The summed E-state index contributed by atoms with van der Waals surface area (Å²) in [5.41, 5.74) is 1.76. The first-order chi connectivity index (χ1) is 8.81. The van der Waals surface area contributed by atoms with Gasteiger partial charge in [0.25, 0.3) is 0 Å². The predicted molar refractivity (Wildman–Crippen MR) is 67.3 cm³/mol. The average molecular weight is 243 g/mol. The molecule has 0 amide bonds. The molecule has 2 aromatic rings. The highest BCUT2D eigenvalue weighted by atomic mass is 19.1. The summed E-state index contributed by atoms with van der Waals surface area (Å²) in [6.45, 7) is 0.800. The van der Waals surface area contributed by atoms with Gasteiger partial charge in [0.2, 0.25) is 0 Å². The minimum absolute atomic E-state index is 0.268. The van der Waals surface area contributed by atoms with E-state index in [1.165, 1.54) is 25.0 Å². The van der Waals surface area contributed by atoms with Gasteiger partial charge in [0.1, 0.15) is 5.82 Å². The maximum Gasteiger partial charge on any atom is 0.159 e. The van der Waals surface area contributed by atoms with Crippen LogP contribution in [0.2, 0.25) is 0 Å². The van der Waals surface area contributed by atoms with Gasteiger partial charge in [-0.15, -0.1) is 0 Å². The molecule has 1 saturated carbocycles. The normalized spacial score (nSPS) is 14.7. The zero-order chi connectivity index (χ0) is 12.4. The zero-order valence-electron chi connectivity index (χ0n) is 9.94. The lowest BCUT2D eigenvalue weighted by Gasteiger charge is -2.04. The summed E-state index contributed by atoms with van der Waals surface area (Å²) in [5, 5.41) is 3.40. The van der Waals surface area contributed by atoms with Crippen LogP contribution >= 0.6 is 0 Å². The molecule has 4 heteroatoms. The smallest absolute Gasteiger partial charge is 0.159 e. The lowest BCUT2D eigenvalue weighted by Crippen LogP contribution is -2.15. The number of aromatic nitrogens is 2. The molecular weight excluding hydrogens is 229 g/mol. The molecule has 1 heterocycles. The Morgan fingerprint density at radius 3 is 2.67 bits per heavy atom. The van der Waals surface area contributed by atoms with Crippen molar-refractivity contribution >= 4 is 0 Å². The molecule has 18 heavy (non-hydrogen) atoms. The van der Waals surface area contributed by atoms with Crippen molar-refractivity contribution in [3.05, 3.63) is 48.0 Å². The Bertz CT molecular complexity index is 535. The standard InChI is InChI=1S/C14H14FN3/c15-12-3-1-2-11(6-12)14-17-8-10(9-18-14)7-16-13-4-5-13/h1-3,6,8-9,13,16H,4-5,7H2. The van der Waals surface area contributed by atoms with E-state index in [0.717, 1.165) is 12.1 Å². The third-order valence-electron chi connectivity index (χ3n) is 2.96. The maximum absolute atomic E-state index is 13.1. The second kappa shape index (κ2) is 4.82. The lowest BCUT2D eigenvalue weighted by atomic mass is 10.2. The van der Waals surface area contributed by atoms with Gasteiger partial charge in [0.15, 0.2) is 5.82 Å². The molecular formula is C14H14FN3. The van der Waals surface area contributed by atoms with E-state index >= 15 is 0 Å². The minimum atomic E-state index is -0.268. The summed E-state index contributed by atoms with van der Waals surface area (Å²) >= 11 is 0. The van der Waals surface area contributed by atoms with E-state index in [-0.39, 0.29) is 5.82 Å². The van der Waals surface area contributed by atoms with Crippen LogP contribution in [0.15, 0.2) is 36.7 Å². The highest BCUT2D eigenvalue weighted by Gasteiger charge is 2.19. The summed E-state index contributed by atoms with van der Waals surface area (Å²) in [6.07, 6.45) is 6.12. The highest BCUT2D eigenvalue weighted by Crippen LogP contribution is 2.19. The maximum atomic E-state index is 13.1. The molecule has 0 unspecified atom stereocenters. The highest BCUT2D eigenvalue weighted by molar-refractivity contribution is 5.54. The van der Waals surface area contributed by atoms with Crippen LogP contribution in [-0.4, -0.2) is 16.0 Å². The first-order valence-corrected chi connectivity index (χ1v) is 6.11. The molecule has 1 aromatic heterocycles. The van der Waals surface area contributed by atoms with E-state index in [0.29, 0.717) is 17.4 Å². The monoisotopic (exact) mass is 243 g/mol. The molecule has 1 aliphatic carbocycles. The summed E-state index contributed by atoms with van der Waals surface area (Å²) in [5.74, 6) is 0.292. The van der Waals surface area contributed by atoms with Gasteiger partial charge >= 0.3 is 0 Å². The van der Waals surface area contributed by atoms with Gasteiger partial charge in [-0.2, -0.15) is 0 Å². The Balaban J connectivity index is 1.73. The quantitative estimate of drug-likeness (QED) is 0.896. The summed E-state index contributed by atoms with van der Waals surface area (Å²) in [6, 6.07) is 7.00. The van der Waals surface area contributed by atoms with Gasteiger partial charge in [0, 0.05) is 36.1 Å². The molecule has 0 saturated heterocycles. The Morgan fingerprint density at radius 1 is 1.22 bits per heavy atom. The van der Waals surface area contributed by atoms with Crippen LogP contribution in [0, 0.1) is 5.82 Å². The second-order valence-electron chi connectivity index (χ2n) is 4.58. The summed E-state index contributed by atoms with van der Waals surface area (Å²) in [7, 11) is 0. The lowest BCUT2D eigenvalue weighted by molar-refractivity contribution is 0.628. The van der Waals surface area contributed by atoms with Crippen molar-refractivity contribution in [1.82, 2.24) is 15.3 Å². The number of hydrogen-bond donors (Lipinski definition) is 1. The van der Waals surface area contributed by atoms with E-state index in [1.807, 2.05) is 0 Å². The van der Waals surface area contributed by atoms with Gasteiger partial charge in [-0.05, 0) is 25.0 Å². The van der Waals surface area contributed by atoms with Crippen LogP contribution in [0.5, 0.6) is 0 Å². The van der Waals surface area contributed by atoms with Gasteiger partial charge in [-0.3, -0.25) is 0 Å². The topological polar surface area (TPSA) is 37.8 Å². The van der Waals surface area contributed by atoms with Gasteiger partial charge in [-0.25, -0.2) is 14.4 Å². The number of nitrogens with zero attached hydrogens (tertiary/aromatic N) is 2. The van der Waals surface area contributed by atoms with Crippen molar-refractivity contribution in [3.8, 4) is 11.4 Å². The van der Waals surface area contributed by atoms with E-state index in [9.17, 15) is 4.39 Å². The summed E-state index contributed by atoms with van der Waals surface area (Å²) in [4.78, 5) is 8.54. The van der Waals surface area contributed by atoms with Crippen LogP contribution < -0.4 is 5.32 Å². The van der Waals surface area contributed by atoms with Crippen LogP contribution in [0.3, 0.4) is 0 Å². The fourth-order valence-electron chi connectivity index (χ4n) is 1.77.